The van der Waals surface area contributed by atoms with Crippen LogP contribution < -0.4 is 14.4 Å². The molecule has 0 aromatic heterocycles. The topological polar surface area (TPSA) is 76.1 Å². The van der Waals surface area contributed by atoms with E-state index in [-0.39, 0.29) is 27.6 Å². The van der Waals surface area contributed by atoms with E-state index in [0.29, 0.717) is 16.3 Å². The van der Waals surface area contributed by atoms with Crippen LogP contribution in [0.2, 0.25) is 10.0 Å². The highest BCUT2D eigenvalue weighted by molar-refractivity contribution is 6.52. The Hall–Kier alpha value is -3.55. The molecule has 3 aromatic carbocycles. The molecule has 1 heterocycles. The number of hydrogen-bond acceptors (Lipinski definition) is 5. The van der Waals surface area contributed by atoms with E-state index in [1.807, 2.05) is 0 Å². The van der Waals surface area contributed by atoms with E-state index >= 15 is 0 Å². The Balaban J connectivity index is 1.98. The zero-order valence-electron chi connectivity index (χ0n) is 18.0. The van der Waals surface area contributed by atoms with E-state index in [1.54, 1.807) is 30.3 Å². The molecule has 0 aliphatic carbocycles. The fraction of sp³-hybridized carbons (Fsp3) is 0.120. The highest BCUT2D eigenvalue weighted by Gasteiger charge is 2.47. The number of hydrogen-bond donors (Lipinski definition) is 1. The number of aliphatic hydroxyl groups is 1. The van der Waals surface area contributed by atoms with Gasteiger partial charge in [-0.15, -0.1) is 0 Å². The molecule has 1 fully saturated rings. The number of carbonyl (C=O) groups excluding carboxylic acids is 2. The molecule has 1 saturated heterocycles. The van der Waals surface area contributed by atoms with E-state index in [9.17, 15) is 19.1 Å². The zero-order chi connectivity index (χ0) is 24.6. The fourth-order valence-corrected chi connectivity index (χ4v) is 4.19. The molecule has 1 atom stereocenters. The number of amides is 1. The smallest absolute Gasteiger partial charge is 0.300 e. The number of rotatable bonds is 5. The van der Waals surface area contributed by atoms with E-state index in [0.717, 1.165) is 11.0 Å². The number of methoxy groups -OCH3 is 2. The van der Waals surface area contributed by atoms with E-state index < -0.39 is 29.3 Å². The number of halogens is 3. The van der Waals surface area contributed by atoms with Gasteiger partial charge in [0.2, 0.25) is 0 Å². The van der Waals surface area contributed by atoms with E-state index in [4.69, 9.17) is 32.7 Å². The van der Waals surface area contributed by atoms with Gasteiger partial charge in [0.15, 0.2) is 0 Å². The predicted octanol–water partition coefficient (Wildman–Crippen LogP) is 5.78. The molecule has 174 valence electrons. The normalized spacial score (nSPS) is 17.2. The summed E-state index contributed by atoms with van der Waals surface area (Å²) in [5.41, 5.74) is 0.647. The van der Waals surface area contributed by atoms with Crippen molar-refractivity contribution < 1.29 is 28.6 Å². The molecule has 34 heavy (non-hydrogen) atoms. The van der Waals surface area contributed by atoms with Crippen LogP contribution in [0.4, 0.5) is 10.1 Å². The Bertz CT molecular complexity index is 1320. The van der Waals surface area contributed by atoms with Gasteiger partial charge < -0.3 is 14.6 Å². The number of benzene rings is 3. The largest absolute Gasteiger partial charge is 0.507 e. The van der Waals surface area contributed by atoms with E-state index in [2.05, 4.69) is 0 Å². The highest BCUT2D eigenvalue weighted by atomic mass is 35.5. The van der Waals surface area contributed by atoms with Crippen LogP contribution >= 0.6 is 23.2 Å². The van der Waals surface area contributed by atoms with Gasteiger partial charge in [0.1, 0.15) is 23.1 Å². The van der Waals surface area contributed by atoms with Crippen molar-refractivity contribution in [3.63, 3.8) is 0 Å². The average molecular weight is 502 g/mol. The minimum absolute atomic E-state index is 0.142. The van der Waals surface area contributed by atoms with Gasteiger partial charge in [0.25, 0.3) is 11.7 Å². The minimum atomic E-state index is -1.05. The maximum Gasteiger partial charge on any atom is 0.300 e. The van der Waals surface area contributed by atoms with Gasteiger partial charge in [0.05, 0.1) is 36.4 Å². The third kappa shape index (κ3) is 4.08. The van der Waals surface area contributed by atoms with Crippen molar-refractivity contribution in [1.82, 2.24) is 0 Å². The van der Waals surface area contributed by atoms with Crippen LogP contribution in [0.25, 0.3) is 5.76 Å². The minimum Gasteiger partial charge on any atom is -0.507 e. The van der Waals surface area contributed by atoms with Crippen LogP contribution in [0.3, 0.4) is 0 Å². The van der Waals surface area contributed by atoms with Crippen LogP contribution in [0, 0.1) is 5.82 Å². The van der Waals surface area contributed by atoms with Gasteiger partial charge >= 0.3 is 0 Å². The molecule has 1 amide bonds. The van der Waals surface area contributed by atoms with Gasteiger partial charge in [0, 0.05) is 10.7 Å². The molecule has 9 heteroatoms. The van der Waals surface area contributed by atoms with Crippen LogP contribution in [0.15, 0.2) is 66.2 Å². The summed E-state index contributed by atoms with van der Waals surface area (Å²) in [5, 5.41) is 11.3. The standard InChI is InChI=1S/C25H18Cl2FNO5/c1-33-16-7-3-13(4-8-16)22-21(23(30)17-11-14(26)5-10-20(17)34-2)24(31)25(32)29(22)15-6-9-19(28)18(27)12-15/h3-12,22,30H,1-2H3/b23-21+. The molecule has 1 aliphatic heterocycles. The summed E-state index contributed by atoms with van der Waals surface area (Å²) in [7, 11) is 2.91. The third-order valence-corrected chi connectivity index (χ3v) is 6.00. The Kier molecular flexibility index (Phi) is 6.50. The first kappa shape index (κ1) is 23.6. The summed E-state index contributed by atoms with van der Waals surface area (Å²) >= 11 is 12.1. The Morgan fingerprint density at radius 3 is 2.29 bits per heavy atom. The monoisotopic (exact) mass is 501 g/mol. The van der Waals surface area contributed by atoms with Gasteiger partial charge in [-0.05, 0) is 54.1 Å². The highest BCUT2D eigenvalue weighted by Crippen LogP contribution is 2.44. The number of ketones is 1. The molecular weight excluding hydrogens is 484 g/mol. The van der Waals surface area contributed by atoms with Gasteiger partial charge in [-0.2, -0.15) is 0 Å². The van der Waals surface area contributed by atoms with Crippen molar-refractivity contribution in [2.75, 3.05) is 19.1 Å². The summed E-state index contributed by atoms with van der Waals surface area (Å²) in [6.45, 7) is 0. The molecule has 1 unspecified atom stereocenters. The Morgan fingerprint density at radius 1 is 0.971 bits per heavy atom. The fourth-order valence-electron chi connectivity index (χ4n) is 3.85. The molecule has 1 aliphatic rings. The number of Topliss-reactive ketones (excluding diaryl/α,β-unsaturated/α-hetero) is 1. The third-order valence-electron chi connectivity index (χ3n) is 5.47. The second kappa shape index (κ2) is 9.37. The average Bonchev–Trinajstić information content (AvgIpc) is 3.10. The lowest BCUT2D eigenvalue weighted by molar-refractivity contribution is -0.132. The molecule has 0 saturated carbocycles. The molecule has 0 radical (unpaired) electrons. The van der Waals surface area contributed by atoms with Crippen molar-refractivity contribution in [2.45, 2.75) is 6.04 Å². The second-order valence-electron chi connectivity index (χ2n) is 7.39. The molecule has 4 rings (SSSR count). The number of aliphatic hydroxyl groups excluding tert-OH is 1. The van der Waals surface area contributed by atoms with Gasteiger partial charge in [-0.25, -0.2) is 4.39 Å². The molecular formula is C25H18Cl2FNO5. The number of ether oxygens (including phenoxy) is 2. The number of anilines is 1. The first-order valence-corrected chi connectivity index (χ1v) is 10.8. The summed E-state index contributed by atoms with van der Waals surface area (Å²) in [6.07, 6.45) is 0. The van der Waals surface area contributed by atoms with Crippen molar-refractivity contribution >= 4 is 46.3 Å². The van der Waals surface area contributed by atoms with E-state index in [1.165, 1.54) is 38.5 Å². The number of carbonyl (C=O) groups is 2. The molecule has 0 spiro atoms. The van der Waals surface area contributed by atoms with Crippen molar-refractivity contribution in [2.24, 2.45) is 0 Å². The van der Waals surface area contributed by atoms with Crippen LogP contribution in [-0.4, -0.2) is 31.0 Å². The molecule has 3 aromatic rings. The predicted molar refractivity (Wildman–Crippen MR) is 127 cm³/mol. The maximum absolute atomic E-state index is 13.8. The lowest BCUT2D eigenvalue weighted by Crippen LogP contribution is -2.29. The summed E-state index contributed by atoms with van der Waals surface area (Å²) in [6, 6.07) is 13.8. The summed E-state index contributed by atoms with van der Waals surface area (Å²) in [5.74, 6) is -2.17. The Labute approximate surface area is 204 Å². The first-order chi connectivity index (χ1) is 16.3. The SMILES string of the molecule is COc1ccc(C2/C(=C(\O)c3cc(Cl)ccc3OC)C(=O)C(=O)N2c2ccc(F)c(Cl)c2)cc1. The molecule has 6 nitrogen and oxygen atoms in total. The lowest BCUT2D eigenvalue weighted by Gasteiger charge is -2.26. The van der Waals surface area contributed by atoms with Gasteiger partial charge in [-0.3, -0.25) is 14.5 Å². The second-order valence-corrected chi connectivity index (χ2v) is 8.23. The van der Waals surface area contributed by atoms with Crippen LogP contribution in [-0.2, 0) is 9.59 Å². The van der Waals surface area contributed by atoms with Crippen molar-refractivity contribution in [1.29, 1.82) is 0 Å². The van der Waals surface area contributed by atoms with Crippen LogP contribution in [0.5, 0.6) is 11.5 Å². The van der Waals surface area contributed by atoms with Crippen molar-refractivity contribution in [3.8, 4) is 11.5 Å². The van der Waals surface area contributed by atoms with Crippen molar-refractivity contribution in [3.05, 3.63) is 93.2 Å². The van der Waals surface area contributed by atoms with Gasteiger partial charge in [-0.1, -0.05) is 35.3 Å². The molecule has 1 N–H and O–H groups in total. The summed E-state index contributed by atoms with van der Waals surface area (Å²) < 4.78 is 24.3. The zero-order valence-corrected chi connectivity index (χ0v) is 19.5. The quantitative estimate of drug-likeness (QED) is 0.272. The maximum atomic E-state index is 13.8. The number of nitrogens with zero attached hydrogens (tertiary/aromatic N) is 1. The Morgan fingerprint density at radius 2 is 1.68 bits per heavy atom. The van der Waals surface area contributed by atoms with Crippen LogP contribution in [0.1, 0.15) is 17.2 Å². The first-order valence-electron chi connectivity index (χ1n) is 10.0. The summed E-state index contributed by atoms with van der Waals surface area (Å²) in [4.78, 5) is 27.6. The molecule has 0 bridgehead atoms. The lowest BCUT2D eigenvalue weighted by atomic mass is 9.94.